The van der Waals surface area contributed by atoms with Crippen LogP contribution in [0.5, 0.6) is 0 Å². The maximum absolute atomic E-state index is 5.26. The Kier molecular flexibility index (Phi) is 2.34. The van der Waals surface area contributed by atoms with Crippen molar-refractivity contribution in [3.05, 3.63) is 25.0 Å². The van der Waals surface area contributed by atoms with E-state index in [4.69, 9.17) is 4.74 Å². The SMILES string of the molecule is C=COCCC1CC2CC1C1C=CCC21. The summed E-state index contributed by atoms with van der Waals surface area (Å²) in [5, 5.41) is 0. The van der Waals surface area contributed by atoms with Crippen LogP contribution in [0.2, 0.25) is 0 Å². The van der Waals surface area contributed by atoms with Crippen molar-refractivity contribution in [2.45, 2.75) is 25.7 Å². The van der Waals surface area contributed by atoms with Crippen molar-refractivity contribution in [2.24, 2.45) is 29.6 Å². The molecule has 2 saturated carbocycles. The molecule has 15 heavy (non-hydrogen) atoms. The highest BCUT2D eigenvalue weighted by Crippen LogP contribution is 2.59. The summed E-state index contributed by atoms with van der Waals surface area (Å²) in [4.78, 5) is 0. The first-order chi connectivity index (χ1) is 7.40. The van der Waals surface area contributed by atoms with E-state index in [9.17, 15) is 0 Å². The predicted molar refractivity (Wildman–Crippen MR) is 61.2 cm³/mol. The average molecular weight is 204 g/mol. The van der Waals surface area contributed by atoms with Crippen LogP contribution in [-0.4, -0.2) is 6.61 Å². The first kappa shape index (κ1) is 9.50. The first-order valence-electron chi connectivity index (χ1n) is 6.29. The van der Waals surface area contributed by atoms with Gasteiger partial charge in [-0.1, -0.05) is 18.7 Å². The van der Waals surface area contributed by atoms with Gasteiger partial charge in [0.2, 0.25) is 0 Å². The minimum absolute atomic E-state index is 0.873. The van der Waals surface area contributed by atoms with Gasteiger partial charge in [-0.05, 0) is 55.3 Å². The normalized spacial score (nSPS) is 45.7. The second kappa shape index (κ2) is 3.70. The zero-order valence-corrected chi connectivity index (χ0v) is 9.27. The molecule has 0 spiro atoms. The Morgan fingerprint density at radius 1 is 1.33 bits per heavy atom. The van der Waals surface area contributed by atoms with Gasteiger partial charge in [-0.3, -0.25) is 0 Å². The maximum atomic E-state index is 5.26. The van der Waals surface area contributed by atoms with Gasteiger partial charge >= 0.3 is 0 Å². The number of hydrogen-bond acceptors (Lipinski definition) is 1. The summed E-state index contributed by atoms with van der Waals surface area (Å²) in [5.41, 5.74) is 0. The van der Waals surface area contributed by atoms with E-state index in [1.165, 1.54) is 25.7 Å². The number of fused-ring (bicyclic) bond motifs is 5. The number of rotatable bonds is 4. The number of allylic oxidation sites excluding steroid dienone is 2. The summed E-state index contributed by atoms with van der Waals surface area (Å²) in [6.45, 7) is 4.47. The molecule has 3 aliphatic carbocycles. The molecule has 5 atom stereocenters. The predicted octanol–water partition coefficient (Wildman–Crippen LogP) is 3.38. The zero-order valence-electron chi connectivity index (χ0n) is 9.27. The van der Waals surface area contributed by atoms with E-state index in [0.717, 1.165) is 36.2 Å². The largest absolute Gasteiger partial charge is 0.502 e. The van der Waals surface area contributed by atoms with E-state index in [-0.39, 0.29) is 0 Å². The van der Waals surface area contributed by atoms with Crippen LogP contribution in [0.4, 0.5) is 0 Å². The number of hydrogen-bond donors (Lipinski definition) is 0. The second-order valence-electron chi connectivity index (χ2n) is 5.39. The van der Waals surface area contributed by atoms with E-state index >= 15 is 0 Å². The zero-order chi connectivity index (χ0) is 10.3. The van der Waals surface area contributed by atoms with Gasteiger partial charge in [-0.2, -0.15) is 0 Å². The van der Waals surface area contributed by atoms with Crippen molar-refractivity contribution < 1.29 is 4.74 Å². The van der Waals surface area contributed by atoms with Crippen LogP contribution in [0.1, 0.15) is 25.7 Å². The topological polar surface area (TPSA) is 9.23 Å². The second-order valence-corrected chi connectivity index (χ2v) is 5.39. The molecule has 0 N–H and O–H groups in total. The summed E-state index contributed by atoms with van der Waals surface area (Å²) >= 11 is 0. The Labute approximate surface area is 92.2 Å². The van der Waals surface area contributed by atoms with E-state index in [2.05, 4.69) is 18.7 Å². The van der Waals surface area contributed by atoms with Crippen molar-refractivity contribution >= 4 is 0 Å². The van der Waals surface area contributed by atoms with Crippen molar-refractivity contribution in [3.63, 3.8) is 0 Å². The van der Waals surface area contributed by atoms with Crippen molar-refractivity contribution in [3.8, 4) is 0 Å². The lowest BCUT2D eigenvalue weighted by molar-refractivity contribution is 0.158. The minimum Gasteiger partial charge on any atom is -0.502 e. The van der Waals surface area contributed by atoms with Crippen LogP contribution in [0.15, 0.2) is 25.0 Å². The molecule has 0 aromatic heterocycles. The highest BCUT2D eigenvalue weighted by atomic mass is 16.5. The van der Waals surface area contributed by atoms with E-state index in [0.29, 0.717) is 0 Å². The van der Waals surface area contributed by atoms with Gasteiger partial charge in [0, 0.05) is 0 Å². The molecule has 0 aromatic rings. The van der Waals surface area contributed by atoms with Gasteiger partial charge in [0.15, 0.2) is 0 Å². The summed E-state index contributed by atoms with van der Waals surface area (Å²) in [6.07, 6.45) is 12.1. The third-order valence-corrected chi connectivity index (χ3v) is 4.87. The average Bonchev–Trinajstić information content (AvgIpc) is 2.89. The van der Waals surface area contributed by atoms with Crippen molar-refractivity contribution in [1.82, 2.24) is 0 Å². The summed E-state index contributed by atoms with van der Waals surface area (Å²) < 4.78 is 5.26. The maximum Gasteiger partial charge on any atom is 0.0875 e. The molecule has 82 valence electrons. The van der Waals surface area contributed by atoms with E-state index < -0.39 is 0 Å². The molecule has 0 radical (unpaired) electrons. The molecule has 0 aromatic carbocycles. The molecular weight excluding hydrogens is 184 g/mol. The van der Waals surface area contributed by atoms with Crippen LogP contribution in [0.25, 0.3) is 0 Å². The van der Waals surface area contributed by atoms with Crippen molar-refractivity contribution in [2.75, 3.05) is 6.61 Å². The van der Waals surface area contributed by atoms with Gasteiger partial charge in [0.05, 0.1) is 12.9 Å². The highest BCUT2D eigenvalue weighted by molar-refractivity contribution is 5.13. The third kappa shape index (κ3) is 1.44. The molecule has 2 fully saturated rings. The van der Waals surface area contributed by atoms with Crippen LogP contribution >= 0.6 is 0 Å². The molecular formula is C14H20O. The molecule has 1 heteroatoms. The molecule has 3 rings (SSSR count). The minimum atomic E-state index is 0.873. The summed E-state index contributed by atoms with van der Waals surface area (Å²) in [7, 11) is 0. The molecule has 5 unspecified atom stereocenters. The van der Waals surface area contributed by atoms with E-state index in [1.807, 2.05) is 0 Å². The molecule has 2 bridgehead atoms. The summed E-state index contributed by atoms with van der Waals surface area (Å²) in [6, 6.07) is 0. The monoisotopic (exact) mass is 204 g/mol. The Hall–Kier alpha value is -0.720. The number of ether oxygens (including phenoxy) is 1. The van der Waals surface area contributed by atoms with Crippen LogP contribution in [0.3, 0.4) is 0 Å². The van der Waals surface area contributed by atoms with Crippen LogP contribution in [0, 0.1) is 29.6 Å². The Morgan fingerprint density at radius 2 is 2.27 bits per heavy atom. The van der Waals surface area contributed by atoms with Gasteiger partial charge in [0.25, 0.3) is 0 Å². The molecule has 1 nitrogen and oxygen atoms in total. The van der Waals surface area contributed by atoms with E-state index in [1.54, 1.807) is 6.26 Å². The fourth-order valence-corrected chi connectivity index (χ4v) is 4.32. The fraction of sp³-hybridized carbons (Fsp3) is 0.714. The molecule has 0 aliphatic heterocycles. The Balaban J connectivity index is 1.60. The fourth-order valence-electron chi connectivity index (χ4n) is 4.32. The van der Waals surface area contributed by atoms with Gasteiger partial charge in [-0.15, -0.1) is 0 Å². The van der Waals surface area contributed by atoms with Gasteiger partial charge in [0.1, 0.15) is 0 Å². The molecule has 0 amide bonds. The third-order valence-electron chi connectivity index (χ3n) is 4.87. The Morgan fingerprint density at radius 3 is 3.13 bits per heavy atom. The lowest BCUT2D eigenvalue weighted by Crippen LogP contribution is -2.25. The quantitative estimate of drug-likeness (QED) is 0.387. The van der Waals surface area contributed by atoms with Crippen LogP contribution in [-0.2, 0) is 4.74 Å². The smallest absolute Gasteiger partial charge is 0.0875 e. The van der Waals surface area contributed by atoms with Gasteiger partial charge in [-0.25, -0.2) is 0 Å². The highest BCUT2D eigenvalue weighted by Gasteiger charge is 2.51. The summed E-state index contributed by atoms with van der Waals surface area (Å²) in [5.74, 6) is 4.89. The van der Waals surface area contributed by atoms with Gasteiger partial charge < -0.3 is 4.74 Å². The molecule has 3 aliphatic rings. The lowest BCUT2D eigenvalue weighted by Gasteiger charge is -2.31. The molecule has 0 saturated heterocycles. The first-order valence-corrected chi connectivity index (χ1v) is 6.29. The standard InChI is InChI=1S/C14H20O/c1-2-15-7-6-10-8-11-9-14(10)13-5-3-4-12(11)13/h2-3,5,10-14H,1,4,6-9H2. The molecule has 0 heterocycles. The van der Waals surface area contributed by atoms with Crippen LogP contribution < -0.4 is 0 Å². The van der Waals surface area contributed by atoms with Crippen molar-refractivity contribution in [1.29, 1.82) is 0 Å². The lowest BCUT2D eigenvalue weighted by atomic mass is 9.74. The Bertz CT molecular complexity index is 281.